The van der Waals surface area contributed by atoms with Gasteiger partial charge in [-0.1, -0.05) is 37.6 Å². The summed E-state index contributed by atoms with van der Waals surface area (Å²) in [7, 11) is 0. The first-order valence-electron chi connectivity index (χ1n) is 11.2. The molecule has 172 valence electrons. The van der Waals surface area contributed by atoms with E-state index < -0.39 is 0 Å². The lowest BCUT2D eigenvalue weighted by Gasteiger charge is -2.27. The second-order valence-corrected chi connectivity index (χ2v) is 10.2. The molecular weight excluding hydrogens is 440 g/mol. The fourth-order valence-electron chi connectivity index (χ4n) is 5.29. The van der Waals surface area contributed by atoms with Gasteiger partial charge in [-0.3, -0.25) is 9.59 Å². The number of hydrogen-bond donors (Lipinski definition) is 4. The van der Waals surface area contributed by atoms with Gasteiger partial charge in [-0.25, -0.2) is 4.98 Å². The molecule has 5 rings (SSSR count). The standard InChI is InChI=1S/C24H27ClN6O2/c1-24(2)8-7-18(32)29-17-6-5-14(10-15(17)24)28-23-27-11-16(25)22(31-23)30-20-13-4-3-12(9-13)19(20)21(26)33/h3-6,10-13,19-20H,7-9H2,1-2H3,(H2,26,33)(H,29,32)(H2,27,28,30,31)/t12-,13+,19+,20-/m0/s1. The van der Waals surface area contributed by atoms with Crippen LogP contribution in [0.15, 0.2) is 36.5 Å². The van der Waals surface area contributed by atoms with E-state index in [1.54, 1.807) is 0 Å². The maximum absolute atomic E-state index is 12.0. The highest BCUT2D eigenvalue weighted by atomic mass is 35.5. The van der Waals surface area contributed by atoms with E-state index in [0.29, 0.717) is 23.2 Å². The molecular formula is C24H27ClN6O2. The Balaban J connectivity index is 1.39. The lowest BCUT2D eigenvalue weighted by molar-refractivity contribution is -0.122. The molecule has 0 spiro atoms. The van der Waals surface area contributed by atoms with E-state index in [0.717, 1.165) is 29.8 Å². The van der Waals surface area contributed by atoms with Crippen molar-refractivity contribution >= 4 is 46.6 Å². The Morgan fingerprint density at radius 1 is 1.27 bits per heavy atom. The number of rotatable bonds is 5. The first kappa shape index (κ1) is 21.7. The third-order valence-electron chi connectivity index (χ3n) is 7.09. The highest BCUT2D eigenvalue weighted by Crippen LogP contribution is 2.45. The average molecular weight is 467 g/mol. The van der Waals surface area contributed by atoms with Crippen LogP contribution >= 0.6 is 11.6 Å². The van der Waals surface area contributed by atoms with Gasteiger partial charge in [-0.2, -0.15) is 4.98 Å². The van der Waals surface area contributed by atoms with E-state index in [2.05, 4.69) is 51.9 Å². The molecule has 1 aromatic heterocycles. The molecule has 2 aliphatic carbocycles. The molecule has 0 radical (unpaired) electrons. The quantitative estimate of drug-likeness (QED) is 0.494. The Morgan fingerprint density at radius 3 is 2.85 bits per heavy atom. The first-order valence-corrected chi connectivity index (χ1v) is 11.6. The van der Waals surface area contributed by atoms with Gasteiger partial charge in [0.2, 0.25) is 17.8 Å². The molecule has 1 aromatic carbocycles. The highest BCUT2D eigenvalue weighted by molar-refractivity contribution is 6.32. The zero-order valence-electron chi connectivity index (χ0n) is 18.6. The molecule has 5 N–H and O–H groups in total. The van der Waals surface area contributed by atoms with Crippen molar-refractivity contribution in [2.75, 3.05) is 16.0 Å². The number of nitrogens with zero attached hydrogens (tertiary/aromatic N) is 2. The third kappa shape index (κ3) is 4.04. The van der Waals surface area contributed by atoms with Crippen molar-refractivity contribution in [3.63, 3.8) is 0 Å². The normalized spacial score (nSPS) is 26.9. The van der Waals surface area contributed by atoms with E-state index >= 15 is 0 Å². The summed E-state index contributed by atoms with van der Waals surface area (Å²) in [6, 6.07) is 5.66. The van der Waals surface area contributed by atoms with E-state index in [4.69, 9.17) is 17.3 Å². The summed E-state index contributed by atoms with van der Waals surface area (Å²) in [5, 5.41) is 9.96. The predicted octanol–water partition coefficient (Wildman–Crippen LogP) is 3.97. The van der Waals surface area contributed by atoms with Crippen molar-refractivity contribution in [2.45, 2.75) is 44.6 Å². The molecule has 0 saturated heterocycles. The van der Waals surface area contributed by atoms with Crippen LogP contribution in [0.3, 0.4) is 0 Å². The van der Waals surface area contributed by atoms with Crippen LogP contribution in [0.2, 0.25) is 5.02 Å². The maximum Gasteiger partial charge on any atom is 0.229 e. The molecule has 3 aliphatic rings. The molecule has 33 heavy (non-hydrogen) atoms. The molecule has 1 saturated carbocycles. The Kier molecular flexibility index (Phi) is 5.28. The average Bonchev–Trinajstić information content (AvgIpc) is 3.34. The molecule has 1 aliphatic heterocycles. The van der Waals surface area contributed by atoms with Crippen LogP contribution in [0.1, 0.15) is 38.7 Å². The van der Waals surface area contributed by atoms with Gasteiger partial charge in [-0.15, -0.1) is 0 Å². The molecule has 0 unspecified atom stereocenters. The van der Waals surface area contributed by atoms with Crippen molar-refractivity contribution in [3.05, 3.63) is 47.1 Å². The number of carbonyl (C=O) groups is 2. The lowest BCUT2D eigenvalue weighted by atomic mass is 9.80. The van der Waals surface area contributed by atoms with Crippen LogP contribution < -0.4 is 21.7 Å². The topological polar surface area (TPSA) is 122 Å². The van der Waals surface area contributed by atoms with Crippen LogP contribution in [-0.4, -0.2) is 27.8 Å². The molecule has 2 heterocycles. The Hall–Kier alpha value is -3.13. The Morgan fingerprint density at radius 2 is 2.06 bits per heavy atom. The van der Waals surface area contributed by atoms with Crippen molar-refractivity contribution in [1.29, 1.82) is 0 Å². The molecule has 4 atom stereocenters. The number of allylic oxidation sites excluding steroid dienone is 1. The van der Waals surface area contributed by atoms with Gasteiger partial charge >= 0.3 is 0 Å². The smallest absolute Gasteiger partial charge is 0.229 e. The second-order valence-electron chi connectivity index (χ2n) is 9.75. The minimum absolute atomic E-state index is 0.0315. The largest absolute Gasteiger partial charge is 0.369 e. The summed E-state index contributed by atoms with van der Waals surface area (Å²) in [4.78, 5) is 33.0. The van der Waals surface area contributed by atoms with E-state index in [-0.39, 0.29) is 41.0 Å². The third-order valence-corrected chi connectivity index (χ3v) is 7.37. The first-order chi connectivity index (χ1) is 15.7. The number of fused-ring (bicyclic) bond motifs is 3. The maximum atomic E-state index is 12.0. The number of aromatic nitrogens is 2. The number of benzene rings is 1. The van der Waals surface area contributed by atoms with Gasteiger partial charge in [0.05, 0.1) is 12.1 Å². The van der Waals surface area contributed by atoms with Crippen LogP contribution in [-0.2, 0) is 15.0 Å². The van der Waals surface area contributed by atoms with Gasteiger partial charge in [0, 0.05) is 23.8 Å². The highest BCUT2D eigenvalue weighted by Gasteiger charge is 2.47. The summed E-state index contributed by atoms with van der Waals surface area (Å²) < 4.78 is 0. The SMILES string of the molecule is CC1(C)CCC(=O)Nc2ccc(Nc3ncc(Cl)c(N[C@@H]4[C@H](C(N)=O)[C@H]5C=C[C@@H]4C5)n3)cc21. The Labute approximate surface area is 197 Å². The van der Waals surface area contributed by atoms with Crippen LogP contribution in [0.4, 0.5) is 23.1 Å². The number of anilines is 4. The summed E-state index contributed by atoms with van der Waals surface area (Å²) in [5.74, 6) is 0.657. The minimum Gasteiger partial charge on any atom is -0.369 e. The molecule has 2 bridgehead atoms. The number of hydrogen-bond acceptors (Lipinski definition) is 6. The van der Waals surface area contributed by atoms with Gasteiger partial charge in [-0.05, 0) is 53.9 Å². The van der Waals surface area contributed by atoms with Gasteiger partial charge in [0.1, 0.15) is 5.02 Å². The van der Waals surface area contributed by atoms with Crippen molar-refractivity contribution in [1.82, 2.24) is 9.97 Å². The van der Waals surface area contributed by atoms with Gasteiger partial charge < -0.3 is 21.7 Å². The van der Waals surface area contributed by atoms with E-state index in [1.807, 2.05) is 18.2 Å². The van der Waals surface area contributed by atoms with Crippen molar-refractivity contribution < 1.29 is 9.59 Å². The fraction of sp³-hybridized carbons (Fsp3) is 0.417. The number of nitrogens with one attached hydrogen (secondary N) is 3. The summed E-state index contributed by atoms with van der Waals surface area (Å²) in [6.45, 7) is 4.27. The van der Waals surface area contributed by atoms with Crippen molar-refractivity contribution in [3.8, 4) is 0 Å². The van der Waals surface area contributed by atoms with E-state index in [1.165, 1.54) is 6.20 Å². The lowest BCUT2D eigenvalue weighted by Crippen LogP contribution is -2.41. The molecule has 8 nitrogen and oxygen atoms in total. The molecule has 9 heteroatoms. The number of carbonyl (C=O) groups excluding carboxylic acids is 2. The minimum atomic E-state index is -0.312. The number of halogens is 1. The monoisotopic (exact) mass is 466 g/mol. The van der Waals surface area contributed by atoms with Crippen molar-refractivity contribution in [2.24, 2.45) is 23.5 Å². The van der Waals surface area contributed by atoms with Crippen LogP contribution in [0.25, 0.3) is 0 Å². The van der Waals surface area contributed by atoms with Gasteiger partial charge in [0.25, 0.3) is 0 Å². The molecule has 2 amide bonds. The summed E-state index contributed by atoms with van der Waals surface area (Å²) in [6.07, 6.45) is 7.90. The second kappa shape index (κ2) is 8.02. The summed E-state index contributed by atoms with van der Waals surface area (Å²) in [5.41, 5.74) is 8.22. The molecule has 1 fully saturated rings. The van der Waals surface area contributed by atoms with Gasteiger partial charge in [0.15, 0.2) is 5.82 Å². The van der Waals surface area contributed by atoms with E-state index in [9.17, 15) is 9.59 Å². The number of nitrogens with two attached hydrogens (primary N) is 1. The summed E-state index contributed by atoms with van der Waals surface area (Å²) >= 11 is 6.38. The molecule has 2 aromatic rings. The predicted molar refractivity (Wildman–Crippen MR) is 128 cm³/mol. The van der Waals surface area contributed by atoms with Crippen LogP contribution in [0, 0.1) is 17.8 Å². The number of primary amides is 1. The number of amides is 2. The zero-order valence-corrected chi connectivity index (χ0v) is 19.3. The van der Waals surface area contributed by atoms with Crippen LogP contribution in [0.5, 0.6) is 0 Å². The zero-order chi connectivity index (χ0) is 23.3. The fourth-order valence-corrected chi connectivity index (χ4v) is 5.43. The Bertz CT molecular complexity index is 1160.